The van der Waals surface area contributed by atoms with Crippen LogP contribution in [0, 0.1) is 0 Å². The monoisotopic (exact) mass is 500 g/mol. The van der Waals surface area contributed by atoms with Gasteiger partial charge in [-0.3, -0.25) is 18.5 Å². The van der Waals surface area contributed by atoms with Crippen molar-refractivity contribution < 1.29 is 27.8 Å². The van der Waals surface area contributed by atoms with E-state index in [0.29, 0.717) is 10.6 Å². The van der Waals surface area contributed by atoms with Crippen molar-refractivity contribution in [3.63, 3.8) is 0 Å². The summed E-state index contributed by atoms with van der Waals surface area (Å²) in [6, 6.07) is 6.47. The van der Waals surface area contributed by atoms with Crippen LogP contribution in [0.3, 0.4) is 0 Å². The number of aromatic nitrogens is 4. The van der Waals surface area contributed by atoms with E-state index in [9.17, 15) is 27.9 Å². The highest BCUT2D eigenvalue weighted by atomic mass is 35.5. The number of hydrogen-bond acceptors (Lipinski definition) is 6. The lowest BCUT2D eigenvalue weighted by molar-refractivity contribution is -0.305. The van der Waals surface area contributed by atoms with E-state index < -0.39 is 30.0 Å². The minimum absolute atomic E-state index is 0.0134. The summed E-state index contributed by atoms with van der Waals surface area (Å²) in [7, 11) is 1.39. The van der Waals surface area contributed by atoms with Crippen LogP contribution in [-0.4, -0.2) is 36.8 Å². The zero-order valence-electron chi connectivity index (χ0n) is 18.1. The lowest BCUT2D eigenvalue weighted by atomic mass is 10.2. The van der Waals surface area contributed by atoms with Crippen molar-refractivity contribution in [1.82, 2.24) is 18.7 Å². The molecule has 0 saturated carbocycles. The van der Waals surface area contributed by atoms with Gasteiger partial charge >= 0.3 is 18.1 Å². The van der Waals surface area contributed by atoms with Crippen LogP contribution < -0.4 is 16.0 Å². The quantitative estimate of drug-likeness (QED) is 0.377. The molecule has 0 aliphatic rings. The first-order valence-electron chi connectivity index (χ1n) is 9.77. The highest BCUT2D eigenvalue weighted by molar-refractivity contribution is 6.30. The minimum atomic E-state index is -4.89. The van der Waals surface area contributed by atoms with E-state index >= 15 is 0 Å². The Morgan fingerprint density at radius 2 is 1.88 bits per heavy atom. The van der Waals surface area contributed by atoms with Crippen molar-refractivity contribution in [2.24, 2.45) is 7.05 Å². The first-order valence-corrected chi connectivity index (χ1v) is 10.1. The average Bonchev–Trinajstić information content (AvgIpc) is 3.07. The van der Waals surface area contributed by atoms with Crippen LogP contribution in [0.2, 0.25) is 5.02 Å². The molecule has 1 aromatic carbocycles. The summed E-state index contributed by atoms with van der Waals surface area (Å²) >= 11 is 5.93. The fourth-order valence-electron chi connectivity index (χ4n) is 3.23. The molecule has 3 aromatic rings. The van der Waals surface area contributed by atoms with Gasteiger partial charge in [0, 0.05) is 18.1 Å². The summed E-state index contributed by atoms with van der Waals surface area (Å²) in [6.45, 7) is 3.98. The van der Waals surface area contributed by atoms with Crippen molar-refractivity contribution in [3.8, 4) is 6.01 Å². The van der Waals surface area contributed by atoms with Crippen LogP contribution in [0.5, 0.6) is 6.01 Å². The number of allylic oxidation sites excluding steroid dienone is 2. The second-order valence-electron chi connectivity index (χ2n) is 7.17. The van der Waals surface area contributed by atoms with E-state index in [2.05, 4.69) is 16.3 Å². The van der Waals surface area contributed by atoms with Crippen molar-refractivity contribution in [2.75, 3.05) is 6.61 Å². The molecular formula is C21H20ClF3N4O5. The van der Waals surface area contributed by atoms with E-state index in [1.54, 1.807) is 24.3 Å². The summed E-state index contributed by atoms with van der Waals surface area (Å²) in [4.78, 5) is 29.9. The number of imidazole rings is 1. The molecule has 2 heterocycles. The maximum Gasteiger partial charge on any atom is 0.572 e. The summed E-state index contributed by atoms with van der Waals surface area (Å²) in [6.07, 6.45) is -3.98. The highest BCUT2D eigenvalue weighted by Crippen LogP contribution is 2.24. The maximum atomic E-state index is 13.1. The van der Waals surface area contributed by atoms with Gasteiger partial charge < -0.3 is 14.6 Å². The lowest BCUT2D eigenvalue weighted by Crippen LogP contribution is -2.40. The molecule has 0 bridgehead atoms. The van der Waals surface area contributed by atoms with Crippen LogP contribution >= 0.6 is 11.6 Å². The molecule has 13 heteroatoms. The summed E-state index contributed by atoms with van der Waals surface area (Å²) in [5.41, 5.74) is -0.773. The molecule has 2 aromatic heterocycles. The average molecular weight is 501 g/mol. The molecule has 0 fully saturated rings. The van der Waals surface area contributed by atoms with Gasteiger partial charge in [-0.05, 0) is 24.6 Å². The van der Waals surface area contributed by atoms with Crippen LogP contribution in [-0.2, 0) is 24.9 Å². The molecule has 182 valence electrons. The van der Waals surface area contributed by atoms with Crippen LogP contribution in [0.4, 0.5) is 13.2 Å². The summed E-state index contributed by atoms with van der Waals surface area (Å²) in [5.74, 6) is -0.786. The van der Waals surface area contributed by atoms with E-state index in [0.717, 1.165) is 22.1 Å². The number of aliphatic hydroxyl groups is 1. The molecule has 0 unspecified atom stereocenters. The van der Waals surface area contributed by atoms with Crippen LogP contribution in [0.15, 0.2) is 58.0 Å². The predicted octanol–water partition coefficient (Wildman–Crippen LogP) is 2.92. The Kier molecular flexibility index (Phi) is 7.22. The van der Waals surface area contributed by atoms with Gasteiger partial charge in [-0.25, -0.2) is 4.79 Å². The Bertz CT molecular complexity index is 1370. The van der Waals surface area contributed by atoms with Crippen molar-refractivity contribution in [2.45, 2.75) is 26.4 Å². The number of alkyl halides is 3. The fraction of sp³-hybridized carbons (Fsp3) is 0.286. The van der Waals surface area contributed by atoms with Gasteiger partial charge in [0.25, 0.3) is 5.56 Å². The molecule has 0 saturated heterocycles. The van der Waals surface area contributed by atoms with Crippen LogP contribution in [0.1, 0.15) is 12.5 Å². The standard InChI is InChI=1S/C21H20ClF3N4O5/c1-12(10-13(2)34-21(23,24)25)33-19-26-17-16(18(31)28(8-9-30)20(32)27(17)3)29(19)11-14-4-6-15(22)7-5-14/h4-7,10,30H,1,8-9,11H2,2-3H3/b13-10+. The highest BCUT2D eigenvalue weighted by Gasteiger charge is 2.31. The summed E-state index contributed by atoms with van der Waals surface area (Å²) < 4.78 is 50.0. The van der Waals surface area contributed by atoms with Crippen molar-refractivity contribution in [1.29, 1.82) is 0 Å². The van der Waals surface area contributed by atoms with Gasteiger partial charge in [0.1, 0.15) is 11.5 Å². The van der Waals surface area contributed by atoms with Gasteiger partial charge in [-0.15, -0.1) is 13.2 Å². The zero-order valence-corrected chi connectivity index (χ0v) is 18.9. The number of ether oxygens (including phenoxy) is 2. The minimum Gasteiger partial charge on any atom is -0.426 e. The molecule has 1 N–H and O–H groups in total. The van der Waals surface area contributed by atoms with E-state index in [1.807, 2.05) is 0 Å². The third-order valence-corrected chi connectivity index (χ3v) is 4.89. The Morgan fingerprint density at radius 3 is 2.47 bits per heavy atom. The molecular weight excluding hydrogens is 481 g/mol. The normalized spacial score (nSPS) is 12.3. The van der Waals surface area contributed by atoms with Gasteiger partial charge in [-0.1, -0.05) is 30.3 Å². The molecule has 0 spiro atoms. The predicted molar refractivity (Wildman–Crippen MR) is 118 cm³/mol. The molecule has 0 amide bonds. The maximum absolute atomic E-state index is 13.1. The van der Waals surface area contributed by atoms with Gasteiger partial charge in [0.05, 0.1) is 19.7 Å². The zero-order chi connectivity index (χ0) is 25.2. The largest absolute Gasteiger partial charge is 0.572 e. The molecule has 0 aliphatic carbocycles. The molecule has 0 radical (unpaired) electrons. The van der Waals surface area contributed by atoms with Crippen LogP contribution in [0.25, 0.3) is 11.2 Å². The second kappa shape index (κ2) is 9.77. The number of benzene rings is 1. The number of nitrogens with zero attached hydrogens (tertiary/aromatic N) is 4. The number of halogens is 4. The van der Waals surface area contributed by atoms with Crippen molar-refractivity contribution >= 4 is 22.8 Å². The molecule has 3 rings (SSSR count). The number of aliphatic hydroxyl groups excluding tert-OH is 1. The Hall–Kier alpha value is -3.51. The van der Waals surface area contributed by atoms with Gasteiger partial charge in [0.2, 0.25) is 0 Å². The third-order valence-electron chi connectivity index (χ3n) is 4.64. The summed E-state index contributed by atoms with van der Waals surface area (Å²) in [5, 5.41) is 9.76. The first-order chi connectivity index (χ1) is 15.9. The molecule has 0 atom stereocenters. The SMILES string of the molecule is C=C(/C=C(\C)OC(F)(F)F)Oc1nc2c(c(=O)n(CCO)c(=O)n2C)n1Cc1ccc(Cl)cc1. The Labute approximate surface area is 195 Å². The second-order valence-corrected chi connectivity index (χ2v) is 7.61. The van der Waals surface area contributed by atoms with Gasteiger partial charge in [0.15, 0.2) is 11.2 Å². The smallest absolute Gasteiger partial charge is 0.426 e. The fourth-order valence-corrected chi connectivity index (χ4v) is 3.36. The van der Waals surface area contributed by atoms with E-state index in [4.69, 9.17) is 16.3 Å². The number of rotatable bonds is 8. The number of aryl methyl sites for hydroxylation is 1. The molecule has 0 aliphatic heterocycles. The van der Waals surface area contributed by atoms with Gasteiger partial charge in [-0.2, -0.15) is 4.98 Å². The van der Waals surface area contributed by atoms with E-state index in [1.165, 1.54) is 11.6 Å². The van der Waals surface area contributed by atoms with Crippen molar-refractivity contribution in [3.05, 3.63) is 79.9 Å². The molecule has 9 nitrogen and oxygen atoms in total. The molecule has 34 heavy (non-hydrogen) atoms. The Balaban J connectivity index is 2.15. The topological polar surface area (TPSA) is 101 Å². The first kappa shape index (κ1) is 25.1. The lowest BCUT2D eigenvalue weighted by Gasteiger charge is -2.12. The number of fused-ring (bicyclic) bond motifs is 1. The van der Waals surface area contributed by atoms with E-state index in [-0.39, 0.29) is 36.0 Å². The Morgan fingerprint density at radius 1 is 1.24 bits per heavy atom. The third kappa shape index (κ3) is 5.51. The number of hydrogen-bond donors (Lipinski definition) is 1.